The van der Waals surface area contributed by atoms with Crippen molar-refractivity contribution in [2.45, 2.75) is 32.9 Å². The summed E-state index contributed by atoms with van der Waals surface area (Å²) in [5.41, 5.74) is 5.29. The van der Waals surface area contributed by atoms with Gasteiger partial charge in [-0.1, -0.05) is 18.2 Å². The van der Waals surface area contributed by atoms with Crippen LogP contribution in [-0.4, -0.2) is 53.5 Å². The van der Waals surface area contributed by atoms with Crippen LogP contribution in [0.1, 0.15) is 30.0 Å². The zero-order valence-electron chi connectivity index (χ0n) is 19.0. The first-order valence-corrected chi connectivity index (χ1v) is 11.4. The Hall–Kier alpha value is -3.72. The number of hydrogen-bond acceptors (Lipinski definition) is 6. The summed E-state index contributed by atoms with van der Waals surface area (Å²) in [5, 5.41) is 17.9. The number of fused-ring (bicyclic) bond motifs is 2. The molecule has 10 heteroatoms. The van der Waals surface area contributed by atoms with Gasteiger partial charge < -0.3 is 9.64 Å². The average molecular weight is 478 g/mol. The SMILES string of the molecule is C=CC(=O)N1CCc2c(C)c(-c3cc(OC(C)c4cccnn4)c4c(Cl)cnn4c3)nn2CC1. The van der Waals surface area contributed by atoms with Crippen molar-refractivity contribution in [2.24, 2.45) is 0 Å². The second-order valence-electron chi connectivity index (χ2n) is 8.21. The predicted molar refractivity (Wildman–Crippen MR) is 128 cm³/mol. The summed E-state index contributed by atoms with van der Waals surface area (Å²) in [6.07, 6.45) is 6.87. The minimum absolute atomic E-state index is 0.0522. The van der Waals surface area contributed by atoms with Crippen molar-refractivity contribution in [3.05, 3.63) is 71.4 Å². The van der Waals surface area contributed by atoms with Gasteiger partial charge in [-0.15, -0.1) is 0 Å². The van der Waals surface area contributed by atoms with Gasteiger partial charge in [0, 0.05) is 43.2 Å². The molecule has 4 aromatic rings. The first kappa shape index (κ1) is 22.1. The Bertz CT molecular complexity index is 1380. The molecule has 5 heterocycles. The molecule has 1 amide bonds. The maximum atomic E-state index is 12.1. The molecular formula is C24H24ClN7O2. The van der Waals surface area contributed by atoms with Crippen molar-refractivity contribution in [3.63, 3.8) is 0 Å². The minimum atomic E-state index is -0.341. The molecule has 0 aromatic carbocycles. The zero-order chi connectivity index (χ0) is 23.8. The quantitative estimate of drug-likeness (QED) is 0.407. The highest BCUT2D eigenvalue weighted by Crippen LogP contribution is 2.35. The summed E-state index contributed by atoms with van der Waals surface area (Å²) in [6, 6.07) is 5.64. The standard InChI is InChI=1S/C24H24ClN7O2/c1-4-22(33)30-9-7-20-15(2)23(29-31(20)11-10-30)17-12-21(24-18(25)13-27-32(24)14-17)34-16(3)19-6-5-8-26-28-19/h4-6,8,12-14,16H,1,7,9-11H2,2-3H3. The molecule has 0 saturated carbocycles. The molecule has 34 heavy (non-hydrogen) atoms. The van der Waals surface area contributed by atoms with Gasteiger partial charge >= 0.3 is 0 Å². The third-order valence-corrected chi connectivity index (χ3v) is 6.40. The number of pyridine rings is 1. The molecule has 1 aliphatic heterocycles. The molecule has 4 aromatic heterocycles. The van der Waals surface area contributed by atoms with Crippen LogP contribution in [-0.2, 0) is 17.8 Å². The number of hydrogen-bond donors (Lipinski definition) is 0. The van der Waals surface area contributed by atoms with Crippen LogP contribution >= 0.6 is 11.6 Å². The van der Waals surface area contributed by atoms with Crippen LogP contribution < -0.4 is 4.74 Å². The Morgan fingerprint density at radius 3 is 2.94 bits per heavy atom. The molecular weight excluding hydrogens is 454 g/mol. The van der Waals surface area contributed by atoms with E-state index in [0.29, 0.717) is 41.6 Å². The monoisotopic (exact) mass is 477 g/mol. The summed E-state index contributed by atoms with van der Waals surface area (Å²) < 4.78 is 10.00. The maximum Gasteiger partial charge on any atom is 0.246 e. The van der Waals surface area contributed by atoms with Crippen molar-refractivity contribution in [1.82, 2.24) is 34.5 Å². The van der Waals surface area contributed by atoms with E-state index in [1.54, 1.807) is 21.8 Å². The van der Waals surface area contributed by atoms with Crippen molar-refractivity contribution < 1.29 is 9.53 Å². The molecule has 9 nitrogen and oxygen atoms in total. The van der Waals surface area contributed by atoms with E-state index in [2.05, 4.69) is 28.8 Å². The first-order chi connectivity index (χ1) is 16.5. The Kier molecular flexibility index (Phi) is 5.79. The van der Waals surface area contributed by atoms with Crippen LogP contribution in [0.3, 0.4) is 0 Å². The van der Waals surface area contributed by atoms with Gasteiger partial charge in [0.25, 0.3) is 0 Å². The van der Waals surface area contributed by atoms with Crippen LogP contribution in [0.5, 0.6) is 5.75 Å². The summed E-state index contributed by atoms with van der Waals surface area (Å²) in [7, 11) is 0. The van der Waals surface area contributed by atoms with Gasteiger partial charge in [0.05, 0.1) is 23.5 Å². The van der Waals surface area contributed by atoms with E-state index >= 15 is 0 Å². The van der Waals surface area contributed by atoms with Crippen LogP contribution in [0.25, 0.3) is 16.8 Å². The predicted octanol–water partition coefficient (Wildman–Crippen LogP) is 3.66. The van der Waals surface area contributed by atoms with E-state index in [0.717, 1.165) is 28.9 Å². The van der Waals surface area contributed by atoms with Crippen molar-refractivity contribution in [3.8, 4) is 17.0 Å². The minimum Gasteiger partial charge on any atom is -0.482 e. The first-order valence-electron chi connectivity index (χ1n) is 11.1. The number of carbonyl (C=O) groups excluding carboxylic acids is 1. The second-order valence-corrected chi connectivity index (χ2v) is 8.62. The number of nitrogens with zero attached hydrogens (tertiary/aromatic N) is 7. The van der Waals surface area contributed by atoms with E-state index in [4.69, 9.17) is 21.4 Å². The van der Waals surface area contributed by atoms with E-state index in [9.17, 15) is 4.79 Å². The van der Waals surface area contributed by atoms with E-state index in [-0.39, 0.29) is 12.0 Å². The number of carbonyl (C=O) groups is 1. The van der Waals surface area contributed by atoms with Gasteiger partial charge in [-0.2, -0.15) is 20.4 Å². The summed E-state index contributed by atoms with van der Waals surface area (Å²) >= 11 is 6.44. The van der Waals surface area contributed by atoms with Gasteiger partial charge in [-0.3, -0.25) is 9.48 Å². The zero-order valence-corrected chi connectivity index (χ0v) is 19.7. The molecule has 0 saturated heterocycles. The summed E-state index contributed by atoms with van der Waals surface area (Å²) in [4.78, 5) is 13.9. The number of ether oxygens (including phenoxy) is 1. The van der Waals surface area contributed by atoms with E-state index < -0.39 is 0 Å². The molecule has 0 fully saturated rings. The Balaban J connectivity index is 1.52. The fourth-order valence-electron chi connectivity index (χ4n) is 4.33. The third kappa shape index (κ3) is 3.92. The second kappa shape index (κ2) is 8.90. The number of amides is 1. The lowest BCUT2D eigenvalue weighted by atomic mass is 10.1. The fourth-order valence-corrected chi connectivity index (χ4v) is 4.55. The van der Waals surface area contributed by atoms with Crippen LogP contribution in [0, 0.1) is 6.92 Å². The molecule has 0 spiro atoms. The molecule has 1 atom stereocenters. The molecule has 1 aliphatic rings. The van der Waals surface area contributed by atoms with Crippen molar-refractivity contribution >= 4 is 23.0 Å². The summed E-state index contributed by atoms with van der Waals surface area (Å²) in [5.74, 6) is 0.534. The molecule has 0 radical (unpaired) electrons. The smallest absolute Gasteiger partial charge is 0.246 e. The lowest BCUT2D eigenvalue weighted by molar-refractivity contribution is -0.126. The molecule has 1 unspecified atom stereocenters. The highest BCUT2D eigenvalue weighted by atomic mass is 35.5. The lowest BCUT2D eigenvalue weighted by Crippen LogP contribution is -2.32. The van der Waals surface area contributed by atoms with Gasteiger partial charge in [-0.25, -0.2) is 4.52 Å². The average Bonchev–Trinajstić information content (AvgIpc) is 3.29. The van der Waals surface area contributed by atoms with Gasteiger partial charge in [0.1, 0.15) is 23.1 Å². The highest BCUT2D eigenvalue weighted by Gasteiger charge is 2.24. The topological polar surface area (TPSA) is 90.4 Å². The largest absolute Gasteiger partial charge is 0.482 e. The Labute approximate surface area is 201 Å². The van der Waals surface area contributed by atoms with Gasteiger partial charge in [0.15, 0.2) is 0 Å². The van der Waals surface area contributed by atoms with E-state index in [1.807, 2.05) is 36.0 Å². The lowest BCUT2D eigenvalue weighted by Gasteiger charge is -2.17. The van der Waals surface area contributed by atoms with Crippen molar-refractivity contribution in [2.75, 3.05) is 13.1 Å². The fraction of sp³-hybridized carbons (Fsp3) is 0.292. The highest BCUT2D eigenvalue weighted by molar-refractivity contribution is 6.34. The number of rotatable bonds is 5. The Morgan fingerprint density at radius 2 is 2.18 bits per heavy atom. The van der Waals surface area contributed by atoms with Crippen molar-refractivity contribution in [1.29, 1.82) is 0 Å². The van der Waals surface area contributed by atoms with Crippen LogP contribution in [0.4, 0.5) is 0 Å². The summed E-state index contributed by atoms with van der Waals surface area (Å²) in [6.45, 7) is 9.42. The van der Waals surface area contributed by atoms with Crippen LogP contribution in [0.2, 0.25) is 5.02 Å². The number of halogens is 1. The molecule has 5 rings (SSSR count). The normalized spacial score (nSPS) is 14.5. The molecule has 174 valence electrons. The molecule has 0 N–H and O–H groups in total. The maximum absolute atomic E-state index is 12.1. The third-order valence-electron chi connectivity index (χ3n) is 6.13. The van der Waals surface area contributed by atoms with Gasteiger partial charge in [-0.05, 0) is 43.7 Å². The Morgan fingerprint density at radius 1 is 1.32 bits per heavy atom. The van der Waals surface area contributed by atoms with Crippen LogP contribution in [0.15, 0.2) is 49.4 Å². The van der Waals surface area contributed by atoms with Gasteiger partial charge in [0.2, 0.25) is 5.91 Å². The molecule has 0 bridgehead atoms. The van der Waals surface area contributed by atoms with E-state index in [1.165, 1.54) is 6.08 Å². The number of aromatic nitrogens is 6. The molecule has 0 aliphatic carbocycles.